The van der Waals surface area contributed by atoms with E-state index in [-0.39, 0.29) is 0 Å². The Bertz CT molecular complexity index is 914. The predicted octanol–water partition coefficient (Wildman–Crippen LogP) is 7.26. The van der Waals surface area contributed by atoms with Crippen LogP contribution >= 0.6 is 39.1 Å². The molecule has 0 amide bonds. The summed E-state index contributed by atoms with van der Waals surface area (Å²) in [6.07, 6.45) is 0. The van der Waals surface area contributed by atoms with Crippen LogP contribution in [0.1, 0.15) is 16.7 Å². The fraction of sp³-hybridized carbons (Fsp3) is 0.143. The Morgan fingerprint density at radius 2 is 1.81 bits per heavy atom. The van der Waals surface area contributed by atoms with Crippen molar-refractivity contribution in [2.45, 2.75) is 20.1 Å². The summed E-state index contributed by atoms with van der Waals surface area (Å²) in [5, 5.41) is 4.90. The maximum absolute atomic E-state index is 6.20. The first-order chi connectivity index (χ1) is 12.5. The summed E-state index contributed by atoms with van der Waals surface area (Å²) in [5.74, 6) is 0.834. The van der Waals surface area contributed by atoms with Crippen molar-refractivity contribution in [2.24, 2.45) is 0 Å². The largest absolute Gasteiger partial charge is 0.489 e. The summed E-state index contributed by atoms with van der Waals surface area (Å²) in [6, 6.07) is 19.5. The van der Waals surface area contributed by atoms with Crippen LogP contribution < -0.4 is 10.1 Å². The smallest absolute Gasteiger partial charge is 0.124 e. The molecule has 0 spiro atoms. The molecule has 0 aliphatic heterocycles. The summed E-state index contributed by atoms with van der Waals surface area (Å²) in [4.78, 5) is 0. The van der Waals surface area contributed by atoms with E-state index < -0.39 is 0 Å². The van der Waals surface area contributed by atoms with Crippen LogP contribution in [0.5, 0.6) is 5.75 Å². The molecule has 0 bridgehead atoms. The second-order valence-corrected chi connectivity index (χ2v) is 7.70. The lowest BCUT2D eigenvalue weighted by molar-refractivity contribution is 0.303. The van der Waals surface area contributed by atoms with Crippen LogP contribution in [0.15, 0.2) is 65.1 Å². The van der Waals surface area contributed by atoms with Gasteiger partial charge in [0.05, 0.1) is 0 Å². The second kappa shape index (κ2) is 8.81. The Morgan fingerprint density at radius 1 is 1.00 bits per heavy atom. The van der Waals surface area contributed by atoms with Crippen LogP contribution in [0.2, 0.25) is 10.0 Å². The first kappa shape index (κ1) is 19.1. The fourth-order valence-corrected chi connectivity index (χ4v) is 3.40. The number of nitrogens with one attached hydrogen (secondary N) is 1. The molecule has 0 aliphatic carbocycles. The van der Waals surface area contributed by atoms with Crippen molar-refractivity contribution in [3.8, 4) is 5.75 Å². The second-order valence-electron chi connectivity index (χ2n) is 5.94. The third-order valence-electron chi connectivity index (χ3n) is 4.04. The molecule has 0 radical (unpaired) electrons. The van der Waals surface area contributed by atoms with Gasteiger partial charge in [0, 0.05) is 32.3 Å². The molecular weight excluding hydrogens is 433 g/mol. The van der Waals surface area contributed by atoms with E-state index in [0.29, 0.717) is 18.2 Å². The zero-order valence-corrected chi connectivity index (χ0v) is 17.3. The molecule has 1 N–H and O–H groups in total. The third kappa shape index (κ3) is 4.94. The summed E-state index contributed by atoms with van der Waals surface area (Å²) >= 11 is 15.8. The number of halogens is 3. The molecule has 26 heavy (non-hydrogen) atoms. The maximum Gasteiger partial charge on any atom is 0.124 e. The van der Waals surface area contributed by atoms with Crippen LogP contribution in [-0.2, 0) is 13.2 Å². The van der Waals surface area contributed by atoms with Crippen LogP contribution in [0, 0.1) is 6.92 Å². The van der Waals surface area contributed by atoms with Gasteiger partial charge < -0.3 is 10.1 Å². The lowest BCUT2D eigenvalue weighted by Gasteiger charge is -2.15. The van der Waals surface area contributed by atoms with Gasteiger partial charge in [0.25, 0.3) is 0 Å². The number of benzene rings is 3. The highest BCUT2D eigenvalue weighted by Crippen LogP contribution is 2.28. The van der Waals surface area contributed by atoms with E-state index in [4.69, 9.17) is 27.9 Å². The van der Waals surface area contributed by atoms with Crippen molar-refractivity contribution in [3.63, 3.8) is 0 Å². The highest BCUT2D eigenvalue weighted by Gasteiger charge is 2.08. The molecule has 0 saturated carbocycles. The van der Waals surface area contributed by atoms with E-state index in [0.717, 1.165) is 37.6 Å². The van der Waals surface area contributed by atoms with Gasteiger partial charge in [-0.05, 0) is 60.5 Å². The molecule has 0 atom stereocenters. The topological polar surface area (TPSA) is 21.3 Å². The van der Waals surface area contributed by atoms with Crippen molar-refractivity contribution < 1.29 is 4.74 Å². The summed E-state index contributed by atoms with van der Waals surface area (Å²) in [5.41, 5.74) is 4.13. The zero-order valence-electron chi connectivity index (χ0n) is 14.2. The van der Waals surface area contributed by atoms with E-state index in [9.17, 15) is 0 Å². The van der Waals surface area contributed by atoms with Crippen LogP contribution in [-0.4, -0.2) is 0 Å². The molecule has 0 fully saturated rings. The standard InChI is InChI=1S/C21H18BrCl2NO/c1-14-19(24)6-3-7-20(14)25-12-16-11-17(22)8-9-21(16)26-13-15-4-2-5-18(23)10-15/h2-11,25H,12-13H2,1H3. The Kier molecular flexibility index (Phi) is 6.47. The van der Waals surface area contributed by atoms with Crippen molar-refractivity contribution in [1.29, 1.82) is 0 Å². The van der Waals surface area contributed by atoms with Crippen molar-refractivity contribution in [3.05, 3.63) is 91.9 Å². The Hall–Kier alpha value is -1.68. The first-order valence-corrected chi connectivity index (χ1v) is 9.72. The van der Waals surface area contributed by atoms with Gasteiger partial charge in [-0.15, -0.1) is 0 Å². The molecule has 0 unspecified atom stereocenters. The van der Waals surface area contributed by atoms with Crippen LogP contribution in [0.25, 0.3) is 0 Å². The van der Waals surface area contributed by atoms with E-state index in [1.165, 1.54) is 0 Å². The molecule has 5 heteroatoms. The van der Waals surface area contributed by atoms with E-state index >= 15 is 0 Å². The average Bonchev–Trinajstić information content (AvgIpc) is 2.62. The van der Waals surface area contributed by atoms with Crippen molar-refractivity contribution in [2.75, 3.05) is 5.32 Å². The average molecular weight is 451 g/mol. The molecule has 0 heterocycles. The summed E-state index contributed by atoms with van der Waals surface area (Å²) < 4.78 is 7.04. The molecule has 134 valence electrons. The maximum atomic E-state index is 6.20. The molecule has 2 nitrogen and oxygen atoms in total. The van der Waals surface area contributed by atoms with Gasteiger partial charge in [0.2, 0.25) is 0 Å². The Balaban J connectivity index is 1.74. The third-order valence-corrected chi connectivity index (χ3v) is 5.18. The summed E-state index contributed by atoms with van der Waals surface area (Å²) in [7, 11) is 0. The summed E-state index contributed by atoms with van der Waals surface area (Å²) in [6.45, 7) is 3.10. The fourth-order valence-electron chi connectivity index (χ4n) is 2.60. The lowest BCUT2D eigenvalue weighted by Crippen LogP contribution is -2.05. The highest BCUT2D eigenvalue weighted by atomic mass is 79.9. The molecule has 0 saturated heterocycles. The molecular formula is C21H18BrCl2NO. The molecule has 0 aliphatic rings. The van der Waals surface area contributed by atoms with Gasteiger partial charge in [-0.2, -0.15) is 0 Å². The number of anilines is 1. The predicted molar refractivity (Wildman–Crippen MR) is 113 cm³/mol. The normalized spacial score (nSPS) is 10.6. The monoisotopic (exact) mass is 449 g/mol. The number of ether oxygens (including phenoxy) is 1. The zero-order chi connectivity index (χ0) is 18.5. The first-order valence-electron chi connectivity index (χ1n) is 8.17. The lowest BCUT2D eigenvalue weighted by atomic mass is 10.1. The van der Waals surface area contributed by atoms with Crippen molar-refractivity contribution in [1.82, 2.24) is 0 Å². The van der Waals surface area contributed by atoms with Crippen LogP contribution in [0.3, 0.4) is 0 Å². The minimum absolute atomic E-state index is 0.464. The SMILES string of the molecule is Cc1c(Cl)cccc1NCc1cc(Br)ccc1OCc1cccc(Cl)c1. The molecule has 3 aromatic carbocycles. The number of rotatable bonds is 6. The highest BCUT2D eigenvalue weighted by molar-refractivity contribution is 9.10. The van der Waals surface area contributed by atoms with Gasteiger partial charge in [-0.25, -0.2) is 0 Å². The van der Waals surface area contributed by atoms with Crippen LogP contribution in [0.4, 0.5) is 5.69 Å². The van der Waals surface area contributed by atoms with Crippen molar-refractivity contribution >= 4 is 44.8 Å². The van der Waals surface area contributed by atoms with Gasteiger partial charge in [0.1, 0.15) is 12.4 Å². The molecule has 0 aromatic heterocycles. The molecule has 3 aromatic rings. The quantitative estimate of drug-likeness (QED) is 0.426. The van der Waals surface area contributed by atoms with E-state index in [2.05, 4.69) is 27.3 Å². The molecule has 3 rings (SSSR count). The van der Waals surface area contributed by atoms with Gasteiger partial charge >= 0.3 is 0 Å². The number of hydrogen-bond donors (Lipinski definition) is 1. The van der Waals surface area contributed by atoms with Gasteiger partial charge in [0.15, 0.2) is 0 Å². The minimum Gasteiger partial charge on any atom is -0.489 e. The Morgan fingerprint density at radius 3 is 2.62 bits per heavy atom. The van der Waals surface area contributed by atoms with Gasteiger partial charge in [-0.1, -0.05) is 57.3 Å². The van der Waals surface area contributed by atoms with Gasteiger partial charge in [-0.3, -0.25) is 0 Å². The minimum atomic E-state index is 0.464. The Labute approximate surface area is 172 Å². The number of hydrogen-bond acceptors (Lipinski definition) is 2. The van der Waals surface area contributed by atoms with E-state index in [1.807, 2.05) is 61.5 Å². The van der Waals surface area contributed by atoms with E-state index in [1.54, 1.807) is 0 Å².